The van der Waals surface area contributed by atoms with Gasteiger partial charge in [-0.3, -0.25) is 4.79 Å². The van der Waals surface area contributed by atoms with Crippen molar-refractivity contribution in [2.45, 2.75) is 82.8 Å². The van der Waals surface area contributed by atoms with Crippen LogP contribution in [0.2, 0.25) is 0 Å². The van der Waals surface area contributed by atoms with E-state index in [1.807, 2.05) is 6.08 Å². The van der Waals surface area contributed by atoms with Crippen LogP contribution in [-0.2, 0) is 35.3 Å². The topological polar surface area (TPSA) is 86.1 Å². The SMILES string of the molecule is C=CCn1c(CCC2CCCCC2)nnc1SCC(=O)Nc1sc2c(c1C(=O)OCC)CCC2. The summed E-state index contributed by atoms with van der Waals surface area (Å²) in [6.45, 7) is 6.61. The number of carbonyl (C=O) groups excluding carboxylic acids is 2. The average Bonchev–Trinajstić information content (AvgIpc) is 3.52. The molecule has 2 aromatic rings. The van der Waals surface area contributed by atoms with Gasteiger partial charge in [0.25, 0.3) is 0 Å². The van der Waals surface area contributed by atoms with Crippen molar-refractivity contribution in [3.63, 3.8) is 0 Å². The van der Waals surface area contributed by atoms with Crippen molar-refractivity contribution in [1.29, 1.82) is 0 Å². The maximum Gasteiger partial charge on any atom is 0.341 e. The molecule has 1 N–H and O–H groups in total. The fraction of sp³-hybridized carbons (Fsp3) is 0.600. The molecule has 0 aromatic carbocycles. The third kappa shape index (κ3) is 5.92. The minimum atomic E-state index is -0.349. The lowest BCUT2D eigenvalue weighted by atomic mass is 9.86. The number of hydrogen-bond donors (Lipinski definition) is 1. The van der Waals surface area contributed by atoms with E-state index in [9.17, 15) is 9.59 Å². The van der Waals surface area contributed by atoms with Gasteiger partial charge in [-0.1, -0.05) is 49.9 Å². The van der Waals surface area contributed by atoms with Gasteiger partial charge in [0.1, 0.15) is 10.8 Å². The van der Waals surface area contributed by atoms with Crippen molar-refractivity contribution >= 4 is 40.0 Å². The number of aromatic nitrogens is 3. The van der Waals surface area contributed by atoms with Crippen LogP contribution in [0.15, 0.2) is 17.8 Å². The van der Waals surface area contributed by atoms with Gasteiger partial charge in [0.05, 0.1) is 17.9 Å². The molecular formula is C25H34N4O3S2. The van der Waals surface area contributed by atoms with Crippen LogP contribution in [0.4, 0.5) is 5.00 Å². The summed E-state index contributed by atoms with van der Waals surface area (Å²) in [4.78, 5) is 26.5. The summed E-state index contributed by atoms with van der Waals surface area (Å²) in [5.74, 6) is 1.44. The van der Waals surface area contributed by atoms with Crippen LogP contribution in [-0.4, -0.2) is 39.0 Å². The van der Waals surface area contributed by atoms with Crippen LogP contribution >= 0.6 is 23.1 Å². The number of esters is 1. The number of nitrogens with one attached hydrogen (secondary N) is 1. The average molecular weight is 503 g/mol. The molecule has 1 fully saturated rings. The maximum atomic E-state index is 12.8. The molecule has 0 spiro atoms. The Labute approximate surface area is 209 Å². The molecule has 0 unspecified atom stereocenters. The molecule has 0 bridgehead atoms. The highest BCUT2D eigenvalue weighted by Gasteiger charge is 2.28. The normalized spacial score (nSPS) is 15.8. The van der Waals surface area contributed by atoms with E-state index in [1.165, 1.54) is 60.1 Å². The summed E-state index contributed by atoms with van der Waals surface area (Å²) in [5.41, 5.74) is 1.58. The van der Waals surface area contributed by atoms with Crippen LogP contribution in [0.25, 0.3) is 0 Å². The number of aryl methyl sites for hydroxylation is 2. The zero-order valence-corrected chi connectivity index (χ0v) is 21.6. The number of nitrogens with zero attached hydrogens (tertiary/aromatic N) is 3. The number of allylic oxidation sites excluding steroid dienone is 1. The van der Waals surface area contributed by atoms with E-state index in [4.69, 9.17) is 4.74 Å². The second-order valence-electron chi connectivity index (χ2n) is 8.96. The summed E-state index contributed by atoms with van der Waals surface area (Å²) >= 11 is 2.87. The molecule has 34 heavy (non-hydrogen) atoms. The van der Waals surface area contributed by atoms with Crippen LogP contribution in [0.3, 0.4) is 0 Å². The zero-order chi connectivity index (χ0) is 23.9. The molecule has 0 aliphatic heterocycles. The minimum absolute atomic E-state index is 0.160. The van der Waals surface area contributed by atoms with E-state index in [2.05, 4.69) is 26.7 Å². The third-order valence-corrected chi connectivity index (χ3v) is 8.77. The van der Waals surface area contributed by atoms with Crippen molar-refractivity contribution in [3.8, 4) is 0 Å². The van der Waals surface area contributed by atoms with Crippen molar-refractivity contribution in [3.05, 3.63) is 34.5 Å². The monoisotopic (exact) mass is 502 g/mol. The standard InChI is InChI=1S/C25H34N4O3S2/c1-3-15-29-20(14-13-17-9-6-5-7-10-17)27-28-25(29)33-16-21(30)26-23-22(24(31)32-4-2)18-11-8-12-19(18)34-23/h3,17H,1,4-16H2,2H3,(H,26,30). The van der Waals surface area contributed by atoms with Gasteiger partial charge in [-0.05, 0) is 44.1 Å². The lowest BCUT2D eigenvalue weighted by molar-refractivity contribution is -0.113. The number of carbonyl (C=O) groups is 2. The first kappa shape index (κ1) is 25.0. The number of fused-ring (bicyclic) bond motifs is 1. The summed E-state index contributed by atoms with van der Waals surface area (Å²) < 4.78 is 7.32. The molecule has 184 valence electrons. The number of thioether (sulfide) groups is 1. The Balaban J connectivity index is 1.38. The van der Waals surface area contributed by atoms with Gasteiger partial charge >= 0.3 is 5.97 Å². The van der Waals surface area contributed by atoms with E-state index in [-0.39, 0.29) is 17.6 Å². The van der Waals surface area contributed by atoms with Gasteiger partial charge in [-0.25, -0.2) is 4.79 Å². The lowest BCUT2D eigenvalue weighted by Gasteiger charge is -2.21. The number of amides is 1. The minimum Gasteiger partial charge on any atom is -0.462 e. The van der Waals surface area contributed by atoms with Crippen LogP contribution in [0, 0.1) is 5.92 Å². The molecule has 0 radical (unpaired) electrons. The Kier molecular flexibility index (Phi) is 8.83. The second kappa shape index (κ2) is 12.0. The molecular weight excluding hydrogens is 468 g/mol. The van der Waals surface area contributed by atoms with Gasteiger partial charge < -0.3 is 14.6 Å². The Morgan fingerprint density at radius 1 is 1.24 bits per heavy atom. The number of anilines is 1. The van der Waals surface area contributed by atoms with Crippen LogP contribution in [0.1, 0.15) is 78.5 Å². The summed E-state index contributed by atoms with van der Waals surface area (Å²) in [5, 5.41) is 13.1. The highest BCUT2D eigenvalue weighted by molar-refractivity contribution is 7.99. The summed E-state index contributed by atoms with van der Waals surface area (Å²) in [6, 6.07) is 0. The van der Waals surface area contributed by atoms with Crippen molar-refractivity contribution in [2.24, 2.45) is 5.92 Å². The quantitative estimate of drug-likeness (QED) is 0.250. The van der Waals surface area contributed by atoms with Gasteiger partial charge in [0.2, 0.25) is 5.91 Å². The number of ether oxygens (including phenoxy) is 1. The molecule has 0 atom stereocenters. The van der Waals surface area contributed by atoms with Gasteiger partial charge in [-0.2, -0.15) is 0 Å². The Bertz CT molecular complexity index is 1020. The molecule has 0 saturated heterocycles. The highest BCUT2D eigenvalue weighted by atomic mass is 32.2. The highest BCUT2D eigenvalue weighted by Crippen LogP contribution is 2.39. The second-order valence-corrected chi connectivity index (χ2v) is 11.0. The summed E-state index contributed by atoms with van der Waals surface area (Å²) in [6.07, 6.45) is 13.4. The zero-order valence-electron chi connectivity index (χ0n) is 19.9. The van der Waals surface area contributed by atoms with E-state index in [1.54, 1.807) is 6.92 Å². The first-order valence-electron chi connectivity index (χ1n) is 12.4. The van der Waals surface area contributed by atoms with Gasteiger partial charge in [0, 0.05) is 17.8 Å². The van der Waals surface area contributed by atoms with E-state index in [0.29, 0.717) is 23.7 Å². The fourth-order valence-corrected chi connectivity index (χ4v) is 7.00. The first-order chi connectivity index (χ1) is 16.6. The molecule has 4 rings (SSSR count). The Morgan fingerprint density at radius 3 is 2.82 bits per heavy atom. The molecule has 9 heteroatoms. The van der Waals surface area contributed by atoms with E-state index >= 15 is 0 Å². The molecule has 7 nitrogen and oxygen atoms in total. The van der Waals surface area contributed by atoms with Crippen molar-refractivity contribution < 1.29 is 14.3 Å². The smallest absolute Gasteiger partial charge is 0.341 e. The molecule has 2 aliphatic rings. The largest absolute Gasteiger partial charge is 0.462 e. The van der Waals surface area contributed by atoms with Crippen LogP contribution < -0.4 is 5.32 Å². The maximum absolute atomic E-state index is 12.8. The third-order valence-electron chi connectivity index (χ3n) is 6.59. The predicted octanol–water partition coefficient (Wildman–Crippen LogP) is 5.43. The predicted molar refractivity (Wildman–Crippen MR) is 137 cm³/mol. The van der Waals surface area contributed by atoms with E-state index in [0.717, 1.165) is 54.6 Å². The van der Waals surface area contributed by atoms with Gasteiger partial charge in [-0.15, -0.1) is 28.1 Å². The van der Waals surface area contributed by atoms with E-state index < -0.39 is 0 Å². The first-order valence-corrected chi connectivity index (χ1v) is 14.2. The number of hydrogen-bond acceptors (Lipinski definition) is 7. The molecule has 1 amide bonds. The molecule has 2 aliphatic carbocycles. The number of thiophene rings is 1. The number of rotatable bonds is 11. The van der Waals surface area contributed by atoms with Crippen molar-refractivity contribution in [2.75, 3.05) is 17.7 Å². The van der Waals surface area contributed by atoms with Crippen LogP contribution in [0.5, 0.6) is 0 Å². The fourth-order valence-electron chi connectivity index (χ4n) is 4.94. The Hall–Kier alpha value is -2.13. The van der Waals surface area contributed by atoms with Crippen molar-refractivity contribution in [1.82, 2.24) is 14.8 Å². The summed E-state index contributed by atoms with van der Waals surface area (Å²) in [7, 11) is 0. The molecule has 1 saturated carbocycles. The van der Waals surface area contributed by atoms with Gasteiger partial charge in [0.15, 0.2) is 5.16 Å². The lowest BCUT2D eigenvalue weighted by Crippen LogP contribution is -2.17. The molecule has 2 heterocycles. The Morgan fingerprint density at radius 2 is 2.06 bits per heavy atom. The molecule has 2 aromatic heterocycles.